The molecule has 8 nitrogen and oxygen atoms in total. The van der Waals surface area contributed by atoms with Crippen LogP contribution in [0.1, 0.15) is 42.2 Å². The van der Waals surface area contributed by atoms with E-state index in [1.807, 2.05) is 0 Å². The molecule has 232 valence electrons. The topological polar surface area (TPSA) is 100 Å². The van der Waals surface area contributed by atoms with E-state index in [0.717, 1.165) is 31.0 Å². The fourth-order valence-electron chi connectivity index (χ4n) is 5.11. The molecule has 0 N–H and O–H groups in total. The van der Waals surface area contributed by atoms with Gasteiger partial charge >= 0.3 is 0 Å². The second kappa shape index (κ2) is 13.8. The summed E-state index contributed by atoms with van der Waals surface area (Å²) in [5.74, 6) is -2.69. The van der Waals surface area contributed by atoms with Gasteiger partial charge in [-0.15, -0.1) is 0 Å². The Bertz CT molecular complexity index is 1780. The first kappa shape index (κ1) is 31.6. The molecule has 1 aliphatic rings. The highest BCUT2D eigenvalue weighted by Crippen LogP contribution is 2.27. The molecule has 0 aliphatic carbocycles. The van der Waals surface area contributed by atoms with Gasteiger partial charge < -0.3 is 14.0 Å². The molecule has 0 amide bonds. The normalized spacial score (nSPS) is 14.9. The van der Waals surface area contributed by atoms with Gasteiger partial charge in [0.2, 0.25) is 15.0 Å². The Morgan fingerprint density at radius 1 is 1.00 bits per heavy atom. The summed E-state index contributed by atoms with van der Waals surface area (Å²) in [4.78, 5) is 21.0. The number of rotatable bonds is 11. The van der Waals surface area contributed by atoms with Crippen LogP contribution in [0.4, 0.5) is 13.2 Å². The quantitative estimate of drug-likeness (QED) is 0.200. The molecule has 4 aromatic rings. The smallest absolute Gasteiger partial charge is 0.286 e. The first-order chi connectivity index (χ1) is 21.1. The molecule has 0 radical (unpaired) electrons. The molecule has 5 rings (SSSR count). The van der Waals surface area contributed by atoms with Crippen LogP contribution in [0.3, 0.4) is 0 Å². The van der Waals surface area contributed by atoms with Crippen LogP contribution < -0.4 is 5.56 Å². The van der Waals surface area contributed by atoms with Crippen LogP contribution in [0.2, 0.25) is 0 Å². The average Bonchev–Trinajstić information content (AvgIpc) is 3.01. The molecule has 1 saturated heterocycles. The highest BCUT2D eigenvalue weighted by Gasteiger charge is 2.24. The van der Waals surface area contributed by atoms with Crippen LogP contribution in [0.15, 0.2) is 76.8 Å². The summed E-state index contributed by atoms with van der Waals surface area (Å²) < 4.78 is 81.9. The number of hydrogen-bond donors (Lipinski definition) is 0. The zero-order valence-electron chi connectivity index (χ0n) is 24.1. The van der Waals surface area contributed by atoms with E-state index in [0.29, 0.717) is 31.0 Å². The van der Waals surface area contributed by atoms with E-state index in [2.05, 4.69) is 9.97 Å². The molecular weight excluding hydrogens is 595 g/mol. The molecule has 0 bridgehead atoms. The average molecular weight is 628 g/mol. The Labute approximate surface area is 253 Å². The second-order valence-corrected chi connectivity index (χ2v) is 12.8. The van der Waals surface area contributed by atoms with Crippen molar-refractivity contribution in [3.63, 3.8) is 0 Å². The lowest BCUT2D eigenvalue weighted by molar-refractivity contribution is 0.0360. The van der Waals surface area contributed by atoms with Crippen molar-refractivity contribution in [3.05, 3.63) is 111 Å². The third kappa shape index (κ3) is 7.79. The van der Waals surface area contributed by atoms with E-state index >= 15 is 0 Å². The molecule has 12 heteroatoms. The van der Waals surface area contributed by atoms with Gasteiger partial charge in [-0.3, -0.25) is 4.79 Å². The van der Waals surface area contributed by atoms with Crippen LogP contribution in [-0.4, -0.2) is 41.9 Å². The zero-order chi connectivity index (χ0) is 31.3. The fraction of sp³-hybridized carbons (Fsp3) is 0.344. The second-order valence-electron chi connectivity index (χ2n) is 10.8. The molecule has 1 atom stereocenters. The SMILES string of the molecule is Cc1cc(-c2cc(F)c(=O)n(CC3CCOCC3)c2)nc(S(=O)(=O)CCC(OCc2ccc(F)cc2F)c2ccccc2)n1. The van der Waals surface area contributed by atoms with Crippen LogP contribution >= 0.6 is 0 Å². The minimum atomic E-state index is -4.07. The Kier molecular flexibility index (Phi) is 9.92. The predicted molar refractivity (Wildman–Crippen MR) is 157 cm³/mol. The van der Waals surface area contributed by atoms with Crippen molar-refractivity contribution in [2.45, 2.75) is 50.6 Å². The van der Waals surface area contributed by atoms with Gasteiger partial charge in [0.15, 0.2) is 5.82 Å². The summed E-state index contributed by atoms with van der Waals surface area (Å²) in [6.07, 6.45) is 2.25. The van der Waals surface area contributed by atoms with E-state index in [9.17, 15) is 26.4 Å². The zero-order valence-corrected chi connectivity index (χ0v) is 24.9. The van der Waals surface area contributed by atoms with Gasteiger partial charge in [-0.2, -0.15) is 0 Å². The summed E-state index contributed by atoms with van der Waals surface area (Å²) in [6, 6.07) is 14.6. The molecule has 2 aromatic heterocycles. The van der Waals surface area contributed by atoms with Crippen LogP contribution in [0, 0.1) is 30.3 Å². The molecule has 2 aromatic carbocycles. The van der Waals surface area contributed by atoms with Crippen molar-refractivity contribution in [2.75, 3.05) is 19.0 Å². The van der Waals surface area contributed by atoms with Gasteiger partial charge in [0, 0.05) is 48.8 Å². The molecule has 1 fully saturated rings. The van der Waals surface area contributed by atoms with Crippen molar-refractivity contribution >= 4 is 9.84 Å². The number of pyridine rings is 1. The predicted octanol–water partition coefficient (Wildman–Crippen LogP) is 5.58. The lowest BCUT2D eigenvalue weighted by Gasteiger charge is -2.23. The highest BCUT2D eigenvalue weighted by molar-refractivity contribution is 7.91. The van der Waals surface area contributed by atoms with Gasteiger partial charge in [-0.05, 0) is 55.9 Å². The number of aromatic nitrogens is 3. The maximum Gasteiger partial charge on any atom is 0.286 e. The van der Waals surface area contributed by atoms with Crippen LogP contribution in [0.5, 0.6) is 0 Å². The summed E-state index contributed by atoms with van der Waals surface area (Å²) in [5, 5.41) is -0.438. The van der Waals surface area contributed by atoms with E-state index < -0.39 is 49.9 Å². The van der Waals surface area contributed by atoms with Crippen molar-refractivity contribution in [1.82, 2.24) is 14.5 Å². The van der Waals surface area contributed by atoms with Gasteiger partial charge in [-0.1, -0.05) is 36.4 Å². The standard InChI is InChI=1S/C32H32F3N3O5S/c1-21-15-29(25-16-28(35)31(39)38(19-25)18-22-9-12-42-13-10-22)37-32(36-21)44(40,41)14-11-30(23-5-3-2-4-6-23)43-20-24-7-8-26(33)17-27(24)34/h2-8,15-17,19,22,30H,9-14,18,20H2,1H3. The Hall–Kier alpha value is -3.87. The van der Waals surface area contributed by atoms with Crippen molar-refractivity contribution in [3.8, 4) is 11.3 Å². The van der Waals surface area contributed by atoms with Crippen LogP contribution in [-0.2, 0) is 32.5 Å². The summed E-state index contributed by atoms with van der Waals surface area (Å²) in [5.41, 5.74) is 0.817. The first-order valence-corrected chi connectivity index (χ1v) is 15.9. The molecule has 1 aliphatic heterocycles. The molecular formula is C32H32F3N3O5S. The van der Waals surface area contributed by atoms with Crippen molar-refractivity contribution < 1.29 is 31.1 Å². The fourth-order valence-corrected chi connectivity index (χ4v) is 6.33. The first-order valence-electron chi connectivity index (χ1n) is 14.3. The number of halogens is 3. The van der Waals surface area contributed by atoms with E-state index in [1.54, 1.807) is 37.3 Å². The largest absolute Gasteiger partial charge is 0.381 e. The minimum absolute atomic E-state index is 0.00753. The molecule has 44 heavy (non-hydrogen) atoms. The number of ether oxygens (including phenoxy) is 2. The summed E-state index contributed by atoms with van der Waals surface area (Å²) in [7, 11) is -4.07. The third-order valence-electron chi connectivity index (χ3n) is 7.52. The highest BCUT2D eigenvalue weighted by atomic mass is 32.2. The Balaban J connectivity index is 1.37. The molecule has 0 spiro atoms. The molecule has 3 heterocycles. The van der Waals surface area contributed by atoms with Gasteiger partial charge in [0.1, 0.15) is 11.6 Å². The van der Waals surface area contributed by atoms with Gasteiger partial charge in [-0.25, -0.2) is 31.6 Å². The number of nitrogens with zero attached hydrogens (tertiary/aromatic N) is 3. The monoisotopic (exact) mass is 627 g/mol. The maximum atomic E-state index is 14.7. The number of benzene rings is 2. The number of sulfone groups is 1. The Morgan fingerprint density at radius 3 is 2.48 bits per heavy atom. The van der Waals surface area contributed by atoms with Gasteiger partial charge in [0.05, 0.1) is 24.2 Å². The number of hydrogen-bond acceptors (Lipinski definition) is 7. The van der Waals surface area contributed by atoms with E-state index in [-0.39, 0.29) is 35.8 Å². The lowest BCUT2D eigenvalue weighted by Crippen LogP contribution is -2.29. The van der Waals surface area contributed by atoms with Crippen molar-refractivity contribution in [1.29, 1.82) is 0 Å². The van der Waals surface area contributed by atoms with E-state index in [1.165, 1.54) is 22.9 Å². The molecule has 1 unspecified atom stereocenters. The number of aryl methyl sites for hydroxylation is 1. The van der Waals surface area contributed by atoms with E-state index in [4.69, 9.17) is 9.47 Å². The van der Waals surface area contributed by atoms with Gasteiger partial charge in [0.25, 0.3) is 5.56 Å². The van der Waals surface area contributed by atoms with Crippen LogP contribution in [0.25, 0.3) is 11.3 Å². The maximum absolute atomic E-state index is 14.7. The molecule has 0 saturated carbocycles. The minimum Gasteiger partial charge on any atom is -0.381 e. The van der Waals surface area contributed by atoms with Crippen molar-refractivity contribution in [2.24, 2.45) is 5.92 Å². The summed E-state index contributed by atoms with van der Waals surface area (Å²) in [6.45, 7) is 2.86. The summed E-state index contributed by atoms with van der Waals surface area (Å²) >= 11 is 0. The Morgan fingerprint density at radius 2 is 1.75 bits per heavy atom. The lowest BCUT2D eigenvalue weighted by atomic mass is 10.0. The third-order valence-corrected chi connectivity index (χ3v) is 9.03.